The highest BCUT2D eigenvalue weighted by Crippen LogP contribution is 2.20. The minimum Gasteiger partial charge on any atom is -0.484 e. The van der Waals surface area contributed by atoms with Crippen LogP contribution in [0.1, 0.15) is 38.2 Å². The Labute approximate surface area is 190 Å². The zero-order valence-corrected chi connectivity index (χ0v) is 19.3. The predicted octanol–water partition coefficient (Wildman–Crippen LogP) is 4.96. The van der Waals surface area contributed by atoms with Gasteiger partial charge in [-0.15, -0.1) is 0 Å². The summed E-state index contributed by atoms with van der Waals surface area (Å²) in [6.07, 6.45) is 4.26. The molecule has 1 aliphatic rings. The molecule has 0 saturated heterocycles. The van der Waals surface area contributed by atoms with Gasteiger partial charge in [-0.1, -0.05) is 58.6 Å². The molecule has 0 aromatic heterocycles. The van der Waals surface area contributed by atoms with Crippen molar-refractivity contribution < 1.29 is 14.3 Å². The predicted molar refractivity (Wildman–Crippen MR) is 121 cm³/mol. The highest BCUT2D eigenvalue weighted by Gasteiger charge is 2.28. The number of halogens is 2. The largest absolute Gasteiger partial charge is 0.484 e. The van der Waals surface area contributed by atoms with E-state index in [0.29, 0.717) is 17.3 Å². The molecule has 1 saturated carbocycles. The van der Waals surface area contributed by atoms with Crippen molar-refractivity contribution in [1.82, 2.24) is 10.2 Å². The first kappa shape index (κ1) is 22.6. The van der Waals surface area contributed by atoms with E-state index in [1.165, 1.54) is 0 Å². The van der Waals surface area contributed by atoms with Gasteiger partial charge >= 0.3 is 0 Å². The second-order valence-electron chi connectivity index (χ2n) is 7.56. The van der Waals surface area contributed by atoms with Crippen LogP contribution in [0.5, 0.6) is 5.75 Å². The maximum absolute atomic E-state index is 13.1. The van der Waals surface area contributed by atoms with E-state index >= 15 is 0 Å². The summed E-state index contributed by atoms with van der Waals surface area (Å²) >= 11 is 9.45. The van der Waals surface area contributed by atoms with Crippen molar-refractivity contribution in [3.05, 3.63) is 63.6 Å². The van der Waals surface area contributed by atoms with Gasteiger partial charge in [-0.05, 0) is 55.7 Å². The molecule has 1 unspecified atom stereocenters. The summed E-state index contributed by atoms with van der Waals surface area (Å²) < 4.78 is 6.56. The minimum atomic E-state index is -0.611. The van der Waals surface area contributed by atoms with Crippen LogP contribution in [0.3, 0.4) is 0 Å². The van der Waals surface area contributed by atoms with E-state index in [9.17, 15) is 9.59 Å². The maximum Gasteiger partial charge on any atom is 0.261 e. The topological polar surface area (TPSA) is 58.6 Å². The van der Waals surface area contributed by atoms with Crippen LogP contribution in [0, 0.1) is 0 Å². The number of ether oxygens (including phenoxy) is 1. The average molecular weight is 494 g/mol. The number of benzene rings is 2. The van der Waals surface area contributed by atoms with Crippen molar-refractivity contribution in [3.8, 4) is 5.75 Å². The molecule has 0 heterocycles. The Kier molecular flexibility index (Phi) is 8.16. The molecule has 5 nitrogen and oxygen atoms in total. The Morgan fingerprint density at radius 2 is 1.93 bits per heavy atom. The van der Waals surface area contributed by atoms with Gasteiger partial charge in [-0.3, -0.25) is 9.59 Å². The van der Waals surface area contributed by atoms with Gasteiger partial charge in [0.05, 0.1) is 0 Å². The molecule has 160 valence electrons. The lowest BCUT2D eigenvalue weighted by Gasteiger charge is -2.29. The molecule has 2 amide bonds. The van der Waals surface area contributed by atoms with Gasteiger partial charge in [0, 0.05) is 22.1 Å². The molecule has 7 heteroatoms. The van der Waals surface area contributed by atoms with Crippen LogP contribution in [0.4, 0.5) is 0 Å². The van der Waals surface area contributed by atoms with E-state index in [-0.39, 0.29) is 24.5 Å². The van der Waals surface area contributed by atoms with E-state index < -0.39 is 6.04 Å². The third kappa shape index (κ3) is 6.47. The summed E-state index contributed by atoms with van der Waals surface area (Å²) in [6, 6.07) is 14.2. The van der Waals surface area contributed by atoms with Gasteiger partial charge in [0.1, 0.15) is 11.8 Å². The summed E-state index contributed by atoms with van der Waals surface area (Å²) in [5, 5.41) is 3.63. The Balaban J connectivity index is 1.71. The van der Waals surface area contributed by atoms with Gasteiger partial charge in [0.25, 0.3) is 5.91 Å². The van der Waals surface area contributed by atoms with Crippen molar-refractivity contribution in [2.45, 2.75) is 51.2 Å². The van der Waals surface area contributed by atoms with Crippen LogP contribution >= 0.6 is 27.5 Å². The number of amides is 2. The van der Waals surface area contributed by atoms with Gasteiger partial charge < -0.3 is 15.0 Å². The van der Waals surface area contributed by atoms with E-state index in [1.807, 2.05) is 24.3 Å². The first-order valence-corrected chi connectivity index (χ1v) is 11.3. The van der Waals surface area contributed by atoms with Crippen LogP contribution in [0.25, 0.3) is 0 Å². The monoisotopic (exact) mass is 492 g/mol. The molecule has 3 rings (SSSR count). The van der Waals surface area contributed by atoms with Crippen LogP contribution in [-0.4, -0.2) is 35.4 Å². The molecule has 1 N–H and O–H groups in total. The number of rotatable bonds is 8. The third-order valence-electron chi connectivity index (χ3n) is 5.27. The number of carbonyl (C=O) groups excluding carboxylic acids is 2. The molecule has 30 heavy (non-hydrogen) atoms. The smallest absolute Gasteiger partial charge is 0.261 e. The molecule has 2 aromatic carbocycles. The molecule has 1 fully saturated rings. The lowest BCUT2D eigenvalue weighted by atomic mass is 10.1. The molecule has 0 aliphatic heterocycles. The number of carbonyl (C=O) groups is 2. The zero-order chi connectivity index (χ0) is 21.5. The summed E-state index contributed by atoms with van der Waals surface area (Å²) in [5.74, 6) is 0.123. The second-order valence-corrected chi connectivity index (χ2v) is 8.92. The van der Waals surface area contributed by atoms with Crippen molar-refractivity contribution in [3.63, 3.8) is 0 Å². The number of nitrogens with zero attached hydrogens (tertiary/aromatic N) is 1. The van der Waals surface area contributed by atoms with Crippen molar-refractivity contribution >= 4 is 39.3 Å². The molecule has 0 spiro atoms. The summed E-state index contributed by atoms with van der Waals surface area (Å²) in [7, 11) is 0. The standard InChI is InChI=1S/C23H26BrClN2O3/c1-16(23(29)26-20-9-2-3-10-20)27(14-17-6-4-7-18(24)12-17)22(28)15-30-21-11-5-8-19(25)13-21/h4-8,11-13,16,20H,2-3,9-10,14-15H2,1H3,(H,26,29). The highest BCUT2D eigenvalue weighted by molar-refractivity contribution is 9.10. The first-order valence-electron chi connectivity index (χ1n) is 10.1. The van der Waals surface area contributed by atoms with Crippen LogP contribution in [-0.2, 0) is 16.1 Å². The van der Waals surface area contributed by atoms with Crippen LogP contribution < -0.4 is 10.1 Å². The Hall–Kier alpha value is -2.05. The third-order valence-corrected chi connectivity index (χ3v) is 6.00. The van der Waals surface area contributed by atoms with Crippen LogP contribution in [0.2, 0.25) is 5.02 Å². The van der Waals surface area contributed by atoms with Gasteiger partial charge in [-0.2, -0.15) is 0 Å². The van der Waals surface area contributed by atoms with E-state index in [1.54, 1.807) is 36.1 Å². The lowest BCUT2D eigenvalue weighted by Crippen LogP contribution is -2.50. The van der Waals surface area contributed by atoms with Crippen molar-refractivity contribution in [1.29, 1.82) is 0 Å². The Bertz CT molecular complexity index is 886. The quantitative estimate of drug-likeness (QED) is 0.566. The average Bonchev–Trinajstić information content (AvgIpc) is 3.23. The molecule has 1 atom stereocenters. The van der Waals surface area contributed by atoms with Crippen molar-refractivity contribution in [2.24, 2.45) is 0 Å². The SMILES string of the molecule is CC(C(=O)NC1CCCC1)N(Cc1cccc(Br)c1)C(=O)COc1cccc(Cl)c1. The normalized spacial score (nSPS) is 14.9. The Morgan fingerprint density at radius 1 is 1.20 bits per heavy atom. The summed E-state index contributed by atoms with van der Waals surface area (Å²) in [4.78, 5) is 27.5. The molecule has 0 bridgehead atoms. The Morgan fingerprint density at radius 3 is 2.63 bits per heavy atom. The first-order chi connectivity index (χ1) is 14.4. The van der Waals surface area contributed by atoms with Gasteiger partial charge in [0.2, 0.25) is 5.91 Å². The van der Waals surface area contributed by atoms with Crippen molar-refractivity contribution in [2.75, 3.05) is 6.61 Å². The number of hydrogen-bond donors (Lipinski definition) is 1. The summed E-state index contributed by atoms with van der Waals surface area (Å²) in [6.45, 7) is 1.91. The number of nitrogens with one attached hydrogen (secondary N) is 1. The fourth-order valence-corrected chi connectivity index (χ4v) is 4.22. The zero-order valence-electron chi connectivity index (χ0n) is 16.9. The van der Waals surface area contributed by atoms with E-state index in [0.717, 1.165) is 35.7 Å². The van der Waals surface area contributed by atoms with Crippen LogP contribution in [0.15, 0.2) is 53.0 Å². The molecule has 0 radical (unpaired) electrons. The molecular formula is C23H26BrClN2O3. The fraction of sp³-hybridized carbons (Fsp3) is 0.391. The second kappa shape index (κ2) is 10.8. The summed E-state index contributed by atoms with van der Waals surface area (Å²) in [5.41, 5.74) is 0.931. The number of hydrogen-bond acceptors (Lipinski definition) is 3. The van der Waals surface area contributed by atoms with Gasteiger partial charge in [-0.25, -0.2) is 0 Å². The molecular weight excluding hydrogens is 468 g/mol. The maximum atomic E-state index is 13.1. The van der Waals surface area contributed by atoms with Gasteiger partial charge in [0.15, 0.2) is 6.61 Å². The fourth-order valence-electron chi connectivity index (χ4n) is 3.59. The molecule has 2 aromatic rings. The van der Waals surface area contributed by atoms with E-state index in [4.69, 9.17) is 16.3 Å². The highest BCUT2D eigenvalue weighted by atomic mass is 79.9. The molecule has 1 aliphatic carbocycles. The lowest BCUT2D eigenvalue weighted by molar-refractivity contribution is -0.142. The minimum absolute atomic E-state index is 0.131. The van der Waals surface area contributed by atoms with E-state index in [2.05, 4.69) is 21.2 Å².